The van der Waals surface area contributed by atoms with Gasteiger partial charge in [-0.2, -0.15) is 0 Å². The summed E-state index contributed by atoms with van der Waals surface area (Å²) in [6.07, 6.45) is 6.61. The summed E-state index contributed by atoms with van der Waals surface area (Å²) in [5.74, 6) is -1.13. The Hall–Kier alpha value is -1.43. The Bertz CT molecular complexity index is 525. The third-order valence-electron chi connectivity index (χ3n) is 4.05. The highest BCUT2D eigenvalue weighted by atomic mass is 79.9. The highest BCUT2D eigenvalue weighted by molar-refractivity contribution is 9.10. The van der Waals surface area contributed by atoms with Crippen LogP contribution >= 0.6 is 15.9 Å². The lowest BCUT2D eigenvalue weighted by atomic mass is 9.77. The predicted molar refractivity (Wildman–Crippen MR) is 83.0 cm³/mol. The van der Waals surface area contributed by atoms with Crippen LogP contribution in [0.25, 0.3) is 0 Å². The van der Waals surface area contributed by atoms with Crippen molar-refractivity contribution in [3.8, 4) is 0 Å². The molecule has 0 bridgehead atoms. The largest absolute Gasteiger partial charge is 0.481 e. The molecule has 1 saturated carbocycles. The maximum Gasteiger partial charge on any atom is 0.310 e. The molecule has 0 aliphatic heterocycles. The van der Waals surface area contributed by atoms with E-state index < -0.39 is 11.4 Å². The van der Waals surface area contributed by atoms with Gasteiger partial charge in [-0.1, -0.05) is 25.7 Å². The van der Waals surface area contributed by atoms with E-state index in [1.807, 2.05) is 0 Å². The van der Waals surface area contributed by atoms with E-state index in [9.17, 15) is 14.7 Å². The van der Waals surface area contributed by atoms with Gasteiger partial charge in [-0.3, -0.25) is 9.59 Å². The summed E-state index contributed by atoms with van der Waals surface area (Å²) < 4.78 is 0.545. The lowest BCUT2D eigenvalue weighted by Crippen LogP contribution is -2.35. The first kappa shape index (κ1) is 15.9. The van der Waals surface area contributed by atoms with Crippen LogP contribution in [0.5, 0.6) is 0 Å². The van der Waals surface area contributed by atoms with Crippen molar-refractivity contribution in [3.05, 3.63) is 22.9 Å². The second-order valence-corrected chi connectivity index (χ2v) is 6.32. The molecule has 5 nitrogen and oxygen atoms in total. The number of aliphatic carboxylic acids is 1. The summed E-state index contributed by atoms with van der Waals surface area (Å²) in [5, 5.41) is 12.3. The van der Waals surface area contributed by atoms with Crippen LogP contribution in [-0.2, 0) is 9.59 Å². The molecule has 1 amide bonds. The first-order valence-corrected chi connectivity index (χ1v) is 7.97. The number of amides is 1. The number of hydrogen-bond donors (Lipinski definition) is 2. The molecule has 2 N–H and O–H groups in total. The second kappa shape index (κ2) is 7.02. The predicted octanol–water partition coefficient (Wildman–Crippen LogP) is 3.60. The fraction of sp³-hybridized carbons (Fsp3) is 0.533. The molecule has 1 aromatic rings. The Morgan fingerprint density at radius 2 is 1.95 bits per heavy atom. The minimum absolute atomic E-state index is 0.0175. The molecular weight excluding hydrogens is 336 g/mol. The average molecular weight is 355 g/mol. The van der Waals surface area contributed by atoms with E-state index in [4.69, 9.17) is 0 Å². The van der Waals surface area contributed by atoms with Crippen LogP contribution in [0.3, 0.4) is 0 Å². The van der Waals surface area contributed by atoms with Crippen molar-refractivity contribution in [1.82, 2.24) is 4.98 Å². The van der Waals surface area contributed by atoms with E-state index in [2.05, 4.69) is 26.2 Å². The quantitative estimate of drug-likeness (QED) is 0.639. The molecule has 1 heterocycles. The van der Waals surface area contributed by atoms with Gasteiger partial charge in [-0.05, 0) is 40.9 Å². The van der Waals surface area contributed by atoms with Gasteiger partial charge in [0.15, 0.2) is 0 Å². The zero-order valence-corrected chi connectivity index (χ0v) is 13.4. The molecule has 0 radical (unpaired) electrons. The van der Waals surface area contributed by atoms with Gasteiger partial charge < -0.3 is 10.4 Å². The molecular formula is C15H19BrN2O3. The smallest absolute Gasteiger partial charge is 0.310 e. The van der Waals surface area contributed by atoms with Crippen molar-refractivity contribution in [2.24, 2.45) is 5.41 Å². The normalized spacial score (nSPS) is 17.8. The van der Waals surface area contributed by atoms with Crippen LogP contribution in [-0.4, -0.2) is 22.0 Å². The first-order chi connectivity index (χ1) is 10.0. The van der Waals surface area contributed by atoms with E-state index in [0.29, 0.717) is 23.1 Å². The minimum Gasteiger partial charge on any atom is -0.481 e. The van der Waals surface area contributed by atoms with Gasteiger partial charge in [0, 0.05) is 12.6 Å². The number of carbonyl (C=O) groups excluding carboxylic acids is 1. The van der Waals surface area contributed by atoms with Crippen LogP contribution in [0.4, 0.5) is 5.69 Å². The molecule has 2 rings (SSSR count). The number of halogens is 1. The Morgan fingerprint density at radius 3 is 2.52 bits per heavy atom. The van der Waals surface area contributed by atoms with E-state index in [1.165, 1.54) is 0 Å². The van der Waals surface area contributed by atoms with E-state index >= 15 is 0 Å². The number of anilines is 1. The molecule has 0 spiro atoms. The zero-order chi connectivity index (χ0) is 15.3. The first-order valence-electron chi connectivity index (χ1n) is 7.17. The van der Waals surface area contributed by atoms with E-state index in [-0.39, 0.29) is 12.3 Å². The molecule has 1 aromatic heterocycles. The van der Waals surface area contributed by atoms with Crippen LogP contribution in [0.2, 0.25) is 0 Å². The fourth-order valence-electron chi connectivity index (χ4n) is 2.85. The van der Waals surface area contributed by atoms with Gasteiger partial charge in [0.25, 0.3) is 0 Å². The van der Waals surface area contributed by atoms with Crippen molar-refractivity contribution >= 4 is 33.5 Å². The number of carbonyl (C=O) groups is 2. The van der Waals surface area contributed by atoms with Crippen molar-refractivity contribution < 1.29 is 14.7 Å². The van der Waals surface area contributed by atoms with Gasteiger partial charge in [0.2, 0.25) is 5.91 Å². The lowest BCUT2D eigenvalue weighted by molar-refractivity contribution is -0.152. The highest BCUT2D eigenvalue weighted by Crippen LogP contribution is 2.38. The SMILES string of the molecule is O=C(CC1(C(=O)O)CCCCCC1)Nc1cccnc1Br. The zero-order valence-electron chi connectivity index (χ0n) is 11.8. The van der Waals surface area contributed by atoms with Crippen LogP contribution < -0.4 is 5.32 Å². The van der Waals surface area contributed by atoms with Crippen molar-refractivity contribution in [3.63, 3.8) is 0 Å². The van der Waals surface area contributed by atoms with Crippen molar-refractivity contribution in [1.29, 1.82) is 0 Å². The summed E-state index contributed by atoms with van der Waals surface area (Å²) in [7, 11) is 0. The van der Waals surface area contributed by atoms with Gasteiger partial charge in [0.1, 0.15) is 4.60 Å². The number of aromatic nitrogens is 1. The summed E-state index contributed by atoms with van der Waals surface area (Å²) >= 11 is 3.26. The number of rotatable bonds is 4. The molecule has 6 heteroatoms. The van der Waals surface area contributed by atoms with Crippen LogP contribution in [0.1, 0.15) is 44.9 Å². The maximum absolute atomic E-state index is 12.2. The third kappa shape index (κ3) is 4.03. The van der Waals surface area contributed by atoms with Gasteiger partial charge in [-0.15, -0.1) is 0 Å². The van der Waals surface area contributed by atoms with Crippen LogP contribution in [0.15, 0.2) is 22.9 Å². The third-order valence-corrected chi connectivity index (χ3v) is 4.68. The molecule has 0 saturated heterocycles. The molecule has 1 fully saturated rings. The lowest BCUT2D eigenvalue weighted by Gasteiger charge is -2.27. The van der Waals surface area contributed by atoms with Gasteiger partial charge >= 0.3 is 5.97 Å². The standard InChI is InChI=1S/C15H19BrN2O3/c16-13-11(6-5-9-17-13)18-12(19)10-15(14(20)21)7-3-1-2-4-8-15/h5-6,9H,1-4,7-8,10H2,(H,18,19)(H,20,21). The molecule has 1 aliphatic rings. The van der Waals surface area contributed by atoms with Gasteiger partial charge in [-0.25, -0.2) is 4.98 Å². The Labute approximate surface area is 132 Å². The molecule has 0 aromatic carbocycles. The monoisotopic (exact) mass is 354 g/mol. The Kier molecular flexibility index (Phi) is 5.33. The van der Waals surface area contributed by atoms with E-state index in [0.717, 1.165) is 25.7 Å². The number of nitrogens with zero attached hydrogens (tertiary/aromatic N) is 1. The number of pyridine rings is 1. The Morgan fingerprint density at radius 1 is 1.29 bits per heavy atom. The highest BCUT2D eigenvalue weighted by Gasteiger charge is 2.40. The number of hydrogen-bond acceptors (Lipinski definition) is 3. The summed E-state index contributed by atoms with van der Waals surface area (Å²) in [6, 6.07) is 3.45. The average Bonchev–Trinajstić information content (AvgIpc) is 2.68. The Balaban J connectivity index is 2.08. The maximum atomic E-state index is 12.2. The molecule has 114 valence electrons. The molecule has 0 atom stereocenters. The van der Waals surface area contributed by atoms with Crippen molar-refractivity contribution in [2.75, 3.05) is 5.32 Å². The summed E-state index contributed by atoms with van der Waals surface area (Å²) in [6.45, 7) is 0. The topological polar surface area (TPSA) is 79.3 Å². The molecule has 0 unspecified atom stereocenters. The van der Waals surface area contributed by atoms with E-state index in [1.54, 1.807) is 18.3 Å². The number of nitrogens with one attached hydrogen (secondary N) is 1. The fourth-order valence-corrected chi connectivity index (χ4v) is 3.20. The number of carboxylic acid groups (broad SMARTS) is 1. The summed E-state index contributed by atoms with van der Waals surface area (Å²) in [4.78, 5) is 27.9. The summed E-state index contributed by atoms with van der Waals surface area (Å²) in [5.41, 5.74) is -0.355. The molecule has 21 heavy (non-hydrogen) atoms. The van der Waals surface area contributed by atoms with Crippen LogP contribution in [0, 0.1) is 5.41 Å². The number of carboxylic acids is 1. The van der Waals surface area contributed by atoms with Gasteiger partial charge in [0.05, 0.1) is 11.1 Å². The minimum atomic E-state index is -0.921. The van der Waals surface area contributed by atoms with Crippen molar-refractivity contribution in [2.45, 2.75) is 44.9 Å². The molecule has 1 aliphatic carbocycles. The second-order valence-electron chi connectivity index (χ2n) is 5.57.